The number of hydrogen-bond donors (Lipinski definition) is 2. The van der Waals surface area contributed by atoms with Gasteiger partial charge in [0.15, 0.2) is 0 Å². The normalized spacial score (nSPS) is 26.2. The van der Waals surface area contributed by atoms with Crippen LogP contribution in [-0.2, 0) is 16.3 Å². The minimum Gasteiger partial charge on any atom is -0.271 e. The van der Waals surface area contributed by atoms with Crippen LogP contribution in [0, 0.1) is 5.92 Å². The molecule has 0 aromatic carbocycles. The van der Waals surface area contributed by atoms with E-state index in [1.807, 2.05) is 6.07 Å². The summed E-state index contributed by atoms with van der Waals surface area (Å²) in [5, 5.41) is 1.87. The monoisotopic (exact) mass is 302 g/mol. The summed E-state index contributed by atoms with van der Waals surface area (Å²) in [6, 6.07) is 4.31. The fourth-order valence-corrected chi connectivity index (χ4v) is 4.90. The summed E-state index contributed by atoms with van der Waals surface area (Å²) in [5.74, 6) is 6.03. The molecule has 0 bridgehead atoms. The van der Waals surface area contributed by atoms with Gasteiger partial charge >= 0.3 is 0 Å². The zero-order chi connectivity index (χ0) is 13.9. The van der Waals surface area contributed by atoms with Crippen molar-refractivity contribution in [3.63, 3.8) is 0 Å². The van der Waals surface area contributed by atoms with E-state index in [4.69, 9.17) is 5.84 Å². The van der Waals surface area contributed by atoms with Gasteiger partial charge in [-0.25, -0.2) is 8.42 Å². The number of nitrogens with two attached hydrogens (primary N) is 1. The van der Waals surface area contributed by atoms with Crippen molar-refractivity contribution in [3.05, 3.63) is 22.4 Å². The zero-order valence-electron chi connectivity index (χ0n) is 11.2. The van der Waals surface area contributed by atoms with Crippen LogP contribution in [0.4, 0.5) is 0 Å². The molecule has 0 spiro atoms. The molecular formula is C13H22N2O2S2. The first kappa shape index (κ1) is 15.0. The van der Waals surface area contributed by atoms with Gasteiger partial charge in [0, 0.05) is 17.2 Å². The SMILES string of the molecule is CS(=O)(=O)C1CCCC(C(Cc2cccs2)NN)C1. The minimum atomic E-state index is -2.93. The van der Waals surface area contributed by atoms with Crippen molar-refractivity contribution in [2.75, 3.05) is 6.26 Å². The van der Waals surface area contributed by atoms with E-state index >= 15 is 0 Å². The molecule has 4 nitrogen and oxygen atoms in total. The van der Waals surface area contributed by atoms with Crippen molar-refractivity contribution < 1.29 is 8.42 Å². The van der Waals surface area contributed by atoms with Gasteiger partial charge in [0.1, 0.15) is 9.84 Å². The van der Waals surface area contributed by atoms with Crippen LogP contribution < -0.4 is 11.3 Å². The molecule has 3 atom stereocenters. The molecule has 6 heteroatoms. The summed E-state index contributed by atoms with van der Waals surface area (Å²) >= 11 is 1.72. The van der Waals surface area contributed by atoms with Gasteiger partial charge in [0.2, 0.25) is 0 Å². The Morgan fingerprint density at radius 1 is 1.53 bits per heavy atom. The molecule has 0 aliphatic heterocycles. The second kappa shape index (κ2) is 6.35. The molecule has 1 saturated carbocycles. The quantitative estimate of drug-likeness (QED) is 0.642. The van der Waals surface area contributed by atoms with Crippen molar-refractivity contribution in [3.8, 4) is 0 Å². The van der Waals surface area contributed by atoms with E-state index in [1.54, 1.807) is 11.3 Å². The maximum Gasteiger partial charge on any atom is 0.150 e. The largest absolute Gasteiger partial charge is 0.271 e. The molecule has 1 aliphatic carbocycles. The maximum absolute atomic E-state index is 11.7. The Morgan fingerprint density at radius 3 is 2.89 bits per heavy atom. The first-order chi connectivity index (χ1) is 9.00. The number of rotatable bonds is 5. The van der Waals surface area contributed by atoms with Gasteiger partial charge in [-0.05, 0) is 43.0 Å². The van der Waals surface area contributed by atoms with Gasteiger partial charge < -0.3 is 0 Å². The van der Waals surface area contributed by atoms with Crippen LogP contribution >= 0.6 is 11.3 Å². The van der Waals surface area contributed by atoms with E-state index in [0.717, 1.165) is 32.1 Å². The van der Waals surface area contributed by atoms with Crippen molar-refractivity contribution >= 4 is 21.2 Å². The van der Waals surface area contributed by atoms with Crippen molar-refractivity contribution in [1.29, 1.82) is 0 Å². The Kier molecular flexibility index (Phi) is 5.00. The first-order valence-electron chi connectivity index (χ1n) is 6.68. The van der Waals surface area contributed by atoms with Gasteiger partial charge in [-0.15, -0.1) is 11.3 Å². The number of sulfone groups is 1. The Labute approximate surface area is 119 Å². The van der Waals surface area contributed by atoms with Crippen LogP contribution in [0.3, 0.4) is 0 Å². The van der Waals surface area contributed by atoms with E-state index in [0.29, 0.717) is 5.92 Å². The number of hydrazine groups is 1. The van der Waals surface area contributed by atoms with Crippen LogP contribution in [0.5, 0.6) is 0 Å². The lowest BCUT2D eigenvalue weighted by Crippen LogP contribution is -2.45. The third-order valence-electron chi connectivity index (χ3n) is 4.06. The Balaban J connectivity index is 2.02. The molecule has 1 aromatic heterocycles. The Bertz CT molecular complexity index is 485. The lowest BCUT2D eigenvalue weighted by Gasteiger charge is -2.33. The standard InChI is InChI=1S/C13H22N2O2S2/c1-19(16,17)12-6-2-4-10(8-12)13(15-14)9-11-5-3-7-18-11/h3,5,7,10,12-13,15H,2,4,6,8-9,14H2,1H3. The third-order valence-corrected chi connectivity index (χ3v) is 6.59. The summed E-state index contributed by atoms with van der Waals surface area (Å²) in [7, 11) is -2.93. The summed E-state index contributed by atoms with van der Waals surface area (Å²) in [6.07, 6.45) is 5.81. The average Bonchev–Trinajstić information content (AvgIpc) is 2.88. The summed E-state index contributed by atoms with van der Waals surface area (Å²) < 4.78 is 23.4. The third kappa shape index (κ3) is 4.02. The smallest absolute Gasteiger partial charge is 0.150 e. The average molecular weight is 302 g/mol. The van der Waals surface area contributed by atoms with Gasteiger partial charge in [-0.2, -0.15) is 0 Å². The van der Waals surface area contributed by atoms with Crippen molar-refractivity contribution in [2.24, 2.45) is 11.8 Å². The zero-order valence-corrected chi connectivity index (χ0v) is 12.8. The van der Waals surface area contributed by atoms with Crippen LogP contribution in [-0.4, -0.2) is 26.0 Å². The lowest BCUT2D eigenvalue weighted by molar-refractivity contribution is 0.270. The molecule has 0 radical (unpaired) electrons. The molecule has 0 saturated heterocycles. The van der Waals surface area contributed by atoms with E-state index in [-0.39, 0.29) is 11.3 Å². The second-order valence-electron chi connectivity index (χ2n) is 5.43. The molecule has 3 N–H and O–H groups in total. The van der Waals surface area contributed by atoms with Gasteiger partial charge in [0.05, 0.1) is 5.25 Å². The highest BCUT2D eigenvalue weighted by Gasteiger charge is 2.32. The molecule has 2 rings (SSSR count). The second-order valence-corrected chi connectivity index (χ2v) is 8.79. The van der Waals surface area contributed by atoms with Crippen LogP contribution in [0.2, 0.25) is 0 Å². The van der Waals surface area contributed by atoms with E-state index in [2.05, 4.69) is 16.9 Å². The minimum absolute atomic E-state index is 0.170. The summed E-state index contributed by atoms with van der Waals surface area (Å²) in [5.41, 5.74) is 2.89. The van der Waals surface area contributed by atoms with E-state index in [9.17, 15) is 8.42 Å². The molecule has 0 amide bonds. The predicted octanol–water partition coefficient (Wildman–Crippen LogP) is 1.73. The van der Waals surface area contributed by atoms with Gasteiger partial charge in [-0.1, -0.05) is 12.5 Å². The molecular weight excluding hydrogens is 280 g/mol. The van der Waals surface area contributed by atoms with Crippen molar-refractivity contribution in [1.82, 2.24) is 5.43 Å². The lowest BCUT2D eigenvalue weighted by atomic mass is 9.82. The molecule has 1 heterocycles. The maximum atomic E-state index is 11.7. The van der Waals surface area contributed by atoms with Crippen LogP contribution in [0.25, 0.3) is 0 Å². The Hall–Kier alpha value is -0.430. The van der Waals surface area contributed by atoms with Crippen LogP contribution in [0.15, 0.2) is 17.5 Å². The molecule has 3 unspecified atom stereocenters. The number of hydrogen-bond acceptors (Lipinski definition) is 5. The summed E-state index contributed by atoms with van der Waals surface area (Å²) in [4.78, 5) is 1.30. The first-order valence-corrected chi connectivity index (χ1v) is 9.51. The van der Waals surface area contributed by atoms with Crippen LogP contribution in [0.1, 0.15) is 30.6 Å². The molecule has 1 aliphatic rings. The highest BCUT2D eigenvalue weighted by molar-refractivity contribution is 7.91. The van der Waals surface area contributed by atoms with E-state index in [1.165, 1.54) is 11.1 Å². The van der Waals surface area contributed by atoms with Crippen molar-refractivity contribution in [2.45, 2.75) is 43.4 Å². The molecule has 1 fully saturated rings. The molecule has 108 valence electrons. The highest BCUT2D eigenvalue weighted by atomic mass is 32.2. The number of nitrogens with one attached hydrogen (secondary N) is 1. The van der Waals surface area contributed by atoms with Gasteiger partial charge in [0.25, 0.3) is 0 Å². The van der Waals surface area contributed by atoms with E-state index < -0.39 is 9.84 Å². The molecule has 1 aromatic rings. The Morgan fingerprint density at radius 2 is 2.32 bits per heavy atom. The number of thiophene rings is 1. The fourth-order valence-electron chi connectivity index (χ4n) is 2.94. The predicted molar refractivity (Wildman–Crippen MR) is 79.7 cm³/mol. The van der Waals surface area contributed by atoms with Gasteiger partial charge in [-0.3, -0.25) is 11.3 Å². The highest BCUT2D eigenvalue weighted by Crippen LogP contribution is 2.32. The molecule has 19 heavy (non-hydrogen) atoms. The topological polar surface area (TPSA) is 72.2 Å². The fraction of sp³-hybridized carbons (Fsp3) is 0.692. The summed E-state index contributed by atoms with van der Waals surface area (Å²) in [6.45, 7) is 0.